The first-order valence-electron chi connectivity index (χ1n) is 13.2. The van der Waals surface area contributed by atoms with Crippen molar-refractivity contribution in [3.8, 4) is 0 Å². The van der Waals surface area contributed by atoms with Crippen LogP contribution in [-0.4, -0.2) is 42.6 Å². The molecule has 1 atom stereocenters. The molecular formula is C30H31F2N3O5. The van der Waals surface area contributed by atoms with Crippen LogP contribution >= 0.6 is 0 Å². The number of H-pyrrole nitrogens is 1. The van der Waals surface area contributed by atoms with E-state index in [0.717, 1.165) is 11.8 Å². The number of pyridine rings is 1. The predicted octanol–water partition coefficient (Wildman–Crippen LogP) is 5.51. The Labute approximate surface area is 229 Å². The second-order valence-corrected chi connectivity index (χ2v) is 10.2. The van der Waals surface area contributed by atoms with E-state index < -0.39 is 35.0 Å². The molecule has 2 N–H and O–H groups in total. The molecule has 0 unspecified atom stereocenters. The van der Waals surface area contributed by atoms with Crippen LogP contribution in [0.5, 0.6) is 0 Å². The van der Waals surface area contributed by atoms with E-state index in [4.69, 9.17) is 18.9 Å². The number of alkyl carbamates (subject to hydrolysis) is 1. The molecular weight excluding hydrogens is 520 g/mol. The SMILES string of the molecule is COC[C@@H](c1ccc2oc(C3(COC(=O)NCc4ccccc4)CCC(F)CC3)nc2c1)c1cc(F)c[nH]c1=O. The molecule has 210 valence electrons. The molecule has 0 aliphatic heterocycles. The Morgan fingerprint density at radius 3 is 2.73 bits per heavy atom. The first-order chi connectivity index (χ1) is 19.4. The van der Waals surface area contributed by atoms with Gasteiger partial charge < -0.3 is 24.2 Å². The lowest BCUT2D eigenvalue weighted by Gasteiger charge is -2.34. The fourth-order valence-electron chi connectivity index (χ4n) is 5.23. The fraction of sp³-hybridized carbons (Fsp3) is 0.367. The summed E-state index contributed by atoms with van der Waals surface area (Å²) < 4.78 is 45.2. The minimum absolute atomic E-state index is 0.00894. The normalized spacial score (nSPS) is 19.8. The van der Waals surface area contributed by atoms with E-state index in [-0.39, 0.29) is 18.8 Å². The van der Waals surface area contributed by atoms with Crippen LogP contribution < -0.4 is 10.9 Å². The molecule has 10 heteroatoms. The Morgan fingerprint density at radius 2 is 1.98 bits per heavy atom. The molecule has 1 fully saturated rings. The van der Waals surface area contributed by atoms with Crippen LogP contribution in [0.25, 0.3) is 11.1 Å². The number of carbonyl (C=O) groups is 1. The van der Waals surface area contributed by atoms with Crippen LogP contribution in [-0.2, 0) is 21.4 Å². The average molecular weight is 552 g/mol. The van der Waals surface area contributed by atoms with Crippen LogP contribution in [0, 0.1) is 5.82 Å². The average Bonchev–Trinajstić information content (AvgIpc) is 3.41. The maximum atomic E-state index is 14.2. The second-order valence-electron chi connectivity index (χ2n) is 10.2. The van der Waals surface area contributed by atoms with Crippen molar-refractivity contribution in [1.82, 2.24) is 15.3 Å². The third kappa shape index (κ3) is 6.07. The van der Waals surface area contributed by atoms with Gasteiger partial charge in [0.1, 0.15) is 24.1 Å². The maximum Gasteiger partial charge on any atom is 0.407 e. The Hall–Kier alpha value is -4.05. The summed E-state index contributed by atoms with van der Waals surface area (Å²) in [5.41, 5.74) is 1.70. The highest BCUT2D eigenvalue weighted by atomic mass is 19.1. The van der Waals surface area contributed by atoms with Gasteiger partial charge in [-0.3, -0.25) is 4.79 Å². The van der Waals surface area contributed by atoms with Crippen molar-refractivity contribution < 1.29 is 27.5 Å². The third-order valence-corrected chi connectivity index (χ3v) is 7.50. The number of alkyl halides is 1. The largest absolute Gasteiger partial charge is 0.448 e. The number of nitrogens with zero attached hydrogens (tertiary/aromatic N) is 1. The number of hydrogen-bond acceptors (Lipinski definition) is 6. The number of aromatic nitrogens is 2. The summed E-state index contributed by atoms with van der Waals surface area (Å²) in [5.74, 6) is -0.727. The van der Waals surface area contributed by atoms with Crippen LogP contribution in [0.3, 0.4) is 0 Å². The smallest absolute Gasteiger partial charge is 0.407 e. The van der Waals surface area contributed by atoms with Crippen molar-refractivity contribution in [3.63, 3.8) is 0 Å². The molecule has 2 aromatic carbocycles. The molecule has 40 heavy (non-hydrogen) atoms. The molecule has 5 rings (SSSR count). The van der Waals surface area contributed by atoms with Gasteiger partial charge in [0.15, 0.2) is 5.58 Å². The zero-order valence-electron chi connectivity index (χ0n) is 22.1. The van der Waals surface area contributed by atoms with Gasteiger partial charge in [-0.1, -0.05) is 36.4 Å². The minimum atomic E-state index is -0.935. The van der Waals surface area contributed by atoms with Gasteiger partial charge in [-0.15, -0.1) is 0 Å². The molecule has 0 bridgehead atoms. The summed E-state index contributed by atoms with van der Waals surface area (Å²) in [6, 6.07) is 16.0. The number of oxazole rings is 1. The van der Waals surface area contributed by atoms with Crippen molar-refractivity contribution in [2.24, 2.45) is 0 Å². The molecule has 1 amide bonds. The van der Waals surface area contributed by atoms with Crippen molar-refractivity contribution >= 4 is 17.2 Å². The highest BCUT2D eigenvalue weighted by Crippen LogP contribution is 2.41. The Balaban J connectivity index is 1.39. The van der Waals surface area contributed by atoms with Gasteiger partial charge in [-0.05, 0) is 55.0 Å². The monoisotopic (exact) mass is 551 g/mol. The number of rotatable bonds is 9. The number of ether oxygens (including phenoxy) is 2. The predicted molar refractivity (Wildman–Crippen MR) is 144 cm³/mol. The summed E-state index contributed by atoms with van der Waals surface area (Å²) in [5, 5.41) is 2.75. The van der Waals surface area contributed by atoms with E-state index in [1.54, 1.807) is 18.2 Å². The van der Waals surface area contributed by atoms with Crippen molar-refractivity contribution in [2.75, 3.05) is 20.3 Å². The lowest BCUT2D eigenvalue weighted by molar-refractivity contribution is 0.0692. The van der Waals surface area contributed by atoms with Gasteiger partial charge in [0.2, 0.25) is 5.89 Å². The number of benzene rings is 2. The number of carbonyl (C=O) groups excluding carboxylic acids is 1. The van der Waals surface area contributed by atoms with Gasteiger partial charge in [-0.2, -0.15) is 0 Å². The Bertz CT molecular complexity index is 1510. The topological polar surface area (TPSA) is 106 Å². The third-order valence-electron chi connectivity index (χ3n) is 7.50. The van der Waals surface area contributed by atoms with E-state index in [9.17, 15) is 18.4 Å². The number of aromatic amines is 1. The van der Waals surface area contributed by atoms with E-state index in [1.165, 1.54) is 13.2 Å². The van der Waals surface area contributed by atoms with E-state index in [0.29, 0.717) is 54.8 Å². The van der Waals surface area contributed by atoms with Crippen LogP contribution in [0.15, 0.2) is 70.0 Å². The molecule has 1 saturated carbocycles. The number of fused-ring (bicyclic) bond motifs is 1. The van der Waals surface area contributed by atoms with E-state index in [2.05, 4.69) is 10.3 Å². The summed E-state index contributed by atoms with van der Waals surface area (Å²) in [6.45, 7) is 0.461. The van der Waals surface area contributed by atoms with Crippen LogP contribution in [0.1, 0.15) is 54.2 Å². The van der Waals surface area contributed by atoms with Gasteiger partial charge >= 0.3 is 6.09 Å². The number of amides is 1. The first kappa shape index (κ1) is 27.5. The lowest BCUT2D eigenvalue weighted by Crippen LogP contribution is -2.39. The maximum absolute atomic E-state index is 14.2. The zero-order valence-corrected chi connectivity index (χ0v) is 22.1. The molecule has 0 spiro atoms. The quantitative estimate of drug-likeness (QED) is 0.284. The standard InChI is InChI=1S/C30H31F2N3O5/c1-38-17-24(23-14-22(32)16-33-27(23)36)20-7-8-26-25(13-20)35-28(40-26)30(11-9-21(31)10-12-30)18-39-29(37)34-15-19-5-3-2-4-6-19/h2-8,13-14,16,21,24H,9-12,15,17-18H2,1H3,(H,33,36)(H,34,37)/t21?,24-,30?/m0/s1. The summed E-state index contributed by atoms with van der Waals surface area (Å²) >= 11 is 0. The number of halogens is 2. The summed E-state index contributed by atoms with van der Waals surface area (Å²) in [7, 11) is 1.51. The van der Waals surface area contributed by atoms with Crippen molar-refractivity contribution in [3.05, 3.63) is 99.5 Å². The molecule has 0 radical (unpaired) electrons. The highest BCUT2D eigenvalue weighted by Gasteiger charge is 2.42. The van der Waals surface area contributed by atoms with Gasteiger partial charge in [0.05, 0.1) is 12.0 Å². The molecule has 8 nitrogen and oxygen atoms in total. The van der Waals surface area contributed by atoms with Crippen LogP contribution in [0.4, 0.5) is 13.6 Å². The van der Waals surface area contributed by atoms with Crippen molar-refractivity contribution in [1.29, 1.82) is 0 Å². The number of nitrogens with one attached hydrogen (secondary N) is 2. The summed E-state index contributed by atoms with van der Waals surface area (Å²) in [6.07, 6.45) is 0.921. The first-order valence-corrected chi connectivity index (χ1v) is 13.2. The fourth-order valence-corrected chi connectivity index (χ4v) is 5.23. The highest BCUT2D eigenvalue weighted by molar-refractivity contribution is 5.74. The van der Waals surface area contributed by atoms with Gasteiger partial charge in [0, 0.05) is 31.3 Å². The minimum Gasteiger partial charge on any atom is -0.448 e. The Kier molecular flexibility index (Phi) is 8.25. The Morgan fingerprint density at radius 1 is 1.20 bits per heavy atom. The molecule has 1 aliphatic rings. The van der Waals surface area contributed by atoms with Gasteiger partial charge in [-0.25, -0.2) is 18.6 Å². The lowest BCUT2D eigenvalue weighted by atomic mass is 9.74. The summed E-state index contributed by atoms with van der Waals surface area (Å²) in [4.78, 5) is 32.1. The second kappa shape index (κ2) is 12.0. The van der Waals surface area contributed by atoms with E-state index in [1.807, 2.05) is 30.3 Å². The zero-order chi connectivity index (χ0) is 28.1. The molecule has 0 saturated heterocycles. The van der Waals surface area contributed by atoms with Crippen molar-refractivity contribution in [2.45, 2.75) is 49.7 Å². The van der Waals surface area contributed by atoms with Gasteiger partial charge in [0.25, 0.3) is 5.56 Å². The molecule has 4 aromatic rings. The molecule has 1 aliphatic carbocycles. The van der Waals surface area contributed by atoms with E-state index >= 15 is 0 Å². The number of methoxy groups -OCH3 is 1. The number of hydrogen-bond donors (Lipinski definition) is 2. The molecule has 2 heterocycles. The molecule has 2 aromatic heterocycles. The van der Waals surface area contributed by atoms with Crippen LogP contribution in [0.2, 0.25) is 0 Å².